The minimum absolute atomic E-state index is 0.0718. The molecule has 2 rings (SSSR count). The minimum Gasteiger partial charge on any atom is -0.335 e. The van der Waals surface area contributed by atoms with Crippen molar-refractivity contribution >= 4 is 21.8 Å². The number of carbonyl (C=O) groups is 1. The first-order chi connectivity index (χ1) is 8.16. The average molecular weight is 296 g/mol. The SMILES string of the molecule is CN(Cc1cccc(Br)c1)C(=O)c1nn[nH]n1. The van der Waals surface area contributed by atoms with Gasteiger partial charge in [-0.25, -0.2) is 0 Å². The summed E-state index contributed by atoms with van der Waals surface area (Å²) >= 11 is 3.38. The highest BCUT2D eigenvalue weighted by Gasteiger charge is 2.16. The number of carbonyl (C=O) groups excluding carboxylic acids is 1. The molecule has 2 aromatic rings. The van der Waals surface area contributed by atoms with E-state index < -0.39 is 0 Å². The number of nitrogens with one attached hydrogen (secondary N) is 1. The molecule has 6 nitrogen and oxygen atoms in total. The van der Waals surface area contributed by atoms with E-state index in [4.69, 9.17) is 0 Å². The number of nitrogens with zero attached hydrogens (tertiary/aromatic N) is 4. The first-order valence-corrected chi connectivity index (χ1v) is 5.69. The number of tetrazole rings is 1. The predicted octanol–water partition coefficient (Wildman–Crippen LogP) is 1.23. The molecule has 0 aliphatic heterocycles. The lowest BCUT2D eigenvalue weighted by molar-refractivity contribution is 0.0773. The molecular formula is C10H10BrN5O. The molecule has 1 amide bonds. The van der Waals surface area contributed by atoms with E-state index in [2.05, 4.69) is 36.6 Å². The zero-order valence-corrected chi connectivity index (χ0v) is 10.7. The van der Waals surface area contributed by atoms with Gasteiger partial charge in [0.1, 0.15) is 0 Å². The molecule has 88 valence electrons. The summed E-state index contributed by atoms with van der Waals surface area (Å²) in [7, 11) is 1.69. The van der Waals surface area contributed by atoms with Gasteiger partial charge >= 0.3 is 0 Å². The van der Waals surface area contributed by atoms with Crippen molar-refractivity contribution in [3.05, 3.63) is 40.1 Å². The molecule has 1 heterocycles. The Morgan fingerprint density at radius 3 is 3.00 bits per heavy atom. The zero-order valence-electron chi connectivity index (χ0n) is 9.09. The third-order valence-electron chi connectivity index (χ3n) is 2.19. The highest BCUT2D eigenvalue weighted by atomic mass is 79.9. The second-order valence-electron chi connectivity index (χ2n) is 3.53. The van der Waals surface area contributed by atoms with Crippen LogP contribution in [0.5, 0.6) is 0 Å². The molecule has 0 saturated carbocycles. The number of hydrogen-bond acceptors (Lipinski definition) is 4. The second kappa shape index (κ2) is 5.05. The van der Waals surface area contributed by atoms with Crippen molar-refractivity contribution in [1.82, 2.24) is 25.5 Å². The maximum absolute atomic E-state index is 11.8. The van der Waals surface area contributed by atoms with Crippen LogP contribution in [0, 0.1) is 0 Å². The number of amides is 1. The molecule has 0 saturated heterocycles. The van der Waals surface area contributed by atoms with E-state index in [1.54, 1.807) is 7.05 Å². The van der Waals surface area contributed by atoms with Gasteiger partial charge in [0.15, 0.2) is 0 Å². The van der Waals surface area contributed by atoms with Crippen molar-refractivity contribution in [2.24, 2.45) is 0 Å². The monoisotopic (exact) mass is 295 g/mol. The van der Waals surface area contributed by atoms with E-state index in [-0.39, 0.29) is 11.7 Å². The lowest BCUT2D eigenvalue weighted by Gasteiger charge is -2.15. The third kappa shape index (κ3) is 2.88. The van der Waals surface area contributed by atoms with Crippen LogP contribution in [0.3, 0.4) is 0 Å². The van der Waals surface area contributed by atoms with Gasteiger partial charge in [-0.05, 0) is 22.9 Å². The molecule has 1 N–H and O–H groups in total. The van der Waals surface area contributed by atoms with Crippen LogP contribution in [-0.2, 0) is 6.54 Å². The number of halogens is 1. The predicted molar refractivity (Wildman–Crippen MR) is 64.1 cm³/mol. The number of aromatic amines is 1. The van der Waals surface area contributed by atoms with Crippen LogP contribution in [0.4, 0.5) is 0 Å². The van der Waals surface area contributed by atoms with Gasteiger partial charge < -0.3 is 4.90 Å². The van der Waals surface area contributed by atoms with E-state index in [0.717, 1.165) is 10.0 Å². The van der Waals surface area contributed by atoms with Gasteiger partial charge in [0.05, 0.1) is 0 Å². The molecule has 0 radical (unpaired) electrons. The van der Waals surface area contributed by atoms with Crippen LogP contribution in [0.25, 0.3) is 0 Å². The molecule has 7 heteroatoms. The molecule has 0 atom stereocenters. The van der Waals surface area contributed by atoms with Crippen molar-refractivity contribution < 1.29 is 4.79 Å². The van der Waals surface area contributed by atoms with E-state index >= 15 is 0 Å². The number of rotatable bonds is 3. The molecular weight excluding hydrogens is 286 g/mol. The summed E-state index contributed by atoms with van der Waals surface area (Å²) < 4.78 is 0.982. The van der Waals surface area contributed by atoms with Gasteiger partial charge in [-0.3, -0.25) is 4.79 Å². The molecule has 0 fully saturated rings. The summed E-state index contributed by atoms with van der Waals surface area (Å²) in [5, 5.41) is 12.9. The molecule has 17 heavy (non-hydrogen) atoms. The molecule has 0 spiro atoms. The van der Waals surface area contributed by atoms with E-state index in [1.807, 2.05) is 24.3 Å². The Labute approximate surface area is 106 Å². The van der Waals surface area contributed by atoms with Gasteiger partial charge in [0.2, 0.25) is 0 Å². The topological polar surface area (TPSA) is 74.8 Å². The Bertz CT molecular complexity index is 513. The van der Waals surface area contributed by atoms with Gasteiger partial charge in [-0.15, -0.1) is 10.2 Å². The van der Waals surface area contributed by atoms with Crippen molar-refractivity contribution in [3.8, 4) is 0 Å². The Kier molecular flexibility index (Phi) is 3.48. The molecule has 1 aromatic heterocycles. The minimum atomic E-state index is -0.265. The first-order valence-electron chi connectivity index (χ1n) is 4.90. The normalized spacial score (nSPS) is 10.2. The molecule has 0 bridgehead atoms. The summed E-state index contributed by atoms with van der Waals surface area (Å²) in [5.74, 6) is -0.193. The van der Waals surface area contributed by atoms with Crippen molar-refractivity contribution in [2.45, 2.75) is 6.54 Å². The van der Waals surface area contributed by atoms with Gasteiger partial charge in [-0.1, -0.05) is 28.1 Å². The Balaban J connectivity index is 2.07. The fourth-order valence-corrected chi connectivity index (χ4v) is 1.85. The Morgan fingerprint density at radius 2 is 2.35 bits per heavy atom. The van der Waals surface area contributed by atoms with Gasteiger partial charge in [-0.2, -0.15) is 5.21 Å². The van der Waals surface area contributed by atoms with Gasteiger partial charge in [0, 0.05) is 18.1 Å². The quantitative estimate of drug-likeness (QED) is 0.924. The molecule has 1 aromatic carbocycles. The number of H-pyrrole nitrogens is 1. The fraction of sp³-hybridized carbons (Fsp3) is 0.200. The van der Waals surface area contributed by atoms with Crippen LogP contribution in [0.2, 0.25) is 0 Å². The maximum Gasteiger partial charge on any atom is 0.295 e. The van der Waals surface area contributed by atoms with Crippen LogP contribution in [0.15, 0.2) is 28.7 Å². The largest absolute Gasteiger partial charge is 0.335 e. The Hall–Kier alpha value is -1.76. The van der Waals surface area contributed by atoms with Crippen LogP contribution in [-0.4, -0.2) is 38.5 Å². The summed E-state index contributed by atoms with van der Waals surface area (Å²) in [6.07, 6.45) is 0. The lowest BCUT2D eigenvalue weighted by atomic mass is 10.2. The van der Waals surface area contributed by atoms with Crippen LogP contribution in [0.1, 0.15) is 16.2 Å². The standard InChI is InChI=1S/C10H10BrN5O/c1-16(10(17)9-12-14-15-13-9)6-7-3-2-4-8(11)5-7/h2-5H,6H2,1H3,(H,12,13,14,15). The number of benzene rings is 1. The number of hydrogen-bond donors (Lipinski definition) is 1. The highest BCUT2D eigenvalue weighted by molar-refractivity contribution is 9.10. The number of aromatic nitrogens is 4. The van der Waals surface area contributed by atoms with Crippen molar-refractivity contribution in [2.75, 3.05) is 7.05 Å². The van der Waals surface area contributed by atoms with E-state index in [1.165, 1.54) is 4.90 Å². The molecule has 0 aliphatic rings. The zero-order chi connectivity index (χ0) is 12.3. The average Bonchev–Trinajstić information content (AvgIpc) is 2.81. The maximum atomic E-state index is 11.8. The van der Waals surface area contributed by atoms with E-state index in [9.17, 15) is 4.79 Å². The molecule has 0 unspecified atom stereocenters. The van der Waals surface area contributed by atoms with Crippen molar-refractivity contribution in [1.29, 1.82) is 0 Å². The first kappa shape index (κ1) is 11.7. The summed E-state index contributed by atoms with van der Waals surface area (Å²) in [4.78, 5) is 13.4. The van der Waals surface area contributed by atoms with Crippen LogP contribution < -0.4 is 0 Å². The lowest BCUT2D eigenvalue weighted by Crippen LogP contribution is -2.27. The summed E-state index contributed by atoms with van der Waals surface area (Å²) in [6.45, 7) is 0.493. The highest BCUT2D eigenvalue weighted by Crippen LogP contribution is 2.13. The third-order valence-corrected chi connectivity index (χ3v) is 2.69. The fourth-order valence-electron chi connectivity index (χ4n) is 1.40. The summed E-state index contributed by atoms with van der Waals surface area (Å²) in [6, 6.07) is 7.77. The smallest absolute Gasteiger partial charge is 0.295 e. The Morgan fingerprint density at radius 1 is 1.53 bits per heavy atom. The van der Waals surface area contributed by atoms with Gasteiger partial charge in [0.25, 0.3) is 11.7 Å². The van der Waals surface area contributed by atoms with Crippen molar-refractivity contribution in [3.63, 3.8) is 0 Å². The molecule has 0 aliphatic carbocycles. The second-order valence-corrected chi connectivity index (χ2v) is 4.44. The van der Waals surface area contributed by atoms with E-state index in [0.29, 0.717) is 6.54 Å². The summed E-state index contributed by atoms with van der Waals surface area (Å²) in [5.41, 5.74) is 1.03. The van der Waals surface area contributed by atoms with Crippen LogP contribution >= 0.6 is 15.9 Å².